The van der Waals surface area contributed by atoms with Crippen LogP contribution in [-0.2, 0) is 10.8 Å². The highest BCUT2D eigenvalue weighted by Crippen LogP contribution is 2.60. The Morgan fingerprint density at radius 1 is 0.500 bits per heavy atom. The molecule has 2 aromatic heterocycles. The lowest BCUT2D eigenvalue weighted by Crippen LogP contribution is -2.28. The second-order valence-corrected chi connectivity index (χ2v) is 15.6. The van der Waals surface area contributed by atoms with Gasteiger partial charge in [0.1, 0.15) is 5.58 Å². The summed E-state index contributed by atoms with van der Waals surface area (Å²) in [6, 6.07) is 48.7. The molecular formula is C49H38N2O. The van der Waals surface area contributed by atoms with Gasteiger partial charge < -0.3 is 4.42 Å². The van der Waals surface area contributed by atoms with Crippen LogP contribution in [0.2, 0.25) is 0 Å². The molecule has 2 heterocycles. The lowest BCUT2D eigenvalue weighted by atomic mass is 9.67. The molecular weight excluding hydrogens is 633 g/mol. The predicted octanol–water partition coefficient (Wildman–Crippen LogP) is 12.9. The normalized spacial score (nSPS) is 16.2. The van der Waals surface area contributed by atoms with Crippen LogP contribution in [0.25, 0.3) is 78.1 Å². The van der Waals surface area contributed by atoms with Crippen molar-refractivity contribution in [2.75, 3.05) is 0 Å². The number of nitrogens with zero attached hydrogens (tertiary/aromatic N) is 2. The van der Waals surface area contributed by atoms with Gasteiger partial charge in [-0.1, -0.05) is 136 Å². The van der Waals surface area contributed by atoms with E-state index in [1.807, 2.05) is 24.3 Å². The minimum absolute atomic E-state index is 0.0823. The topological polar surface area (TPSA) is 38.9 Å². The van der Waals surface area contributed by atoms with Gasteiger partial charge in [-0.25, -0.2) is 4.98 Å². The Labute approximate surface area is 304 Å². The van der Waals surface area contributed by atoms with Crippen molar-refractivity contribution in [2.24, 2.45) is 0 Å². The van der Waals surface area contributed by atoms with Crippen molar-refractivity contribution in [3.8, 4) is 56.0 Å². The fourth-order valence-corrected chi connectivity index (χ4v) is 9.96. The summed E-state index contributed by atoms with van der Waals surface area (Å²) in [4.78, 5) is 10.3. The van der Waals surface area contributed by atoms with Crippen molar-refractivity contribution in [2.45, 2.75) is 56.8 Å². The van der Waals surface area contributed by atoms with Gasteiger partial charge in [-0.3, -0.25) is 0 Å². The van der Waals surface area contributed by atoms with Crippen molar-refractivity contribution in [3.63, 3.8) is 0 Å². The second kappa shape index (κ2) is 10.9. The van der Waals surface area contributed by atoms with E-state index in [0.717, 1.165) is 38.7 Å². The molecule has 3 aliphatic carbocycles. The zero-order chi connectivity index (χ0) is 34.6. The smallest absolute Gasteiger partial charge is 0.231 e. The van der Waals surface area contributed by atoms with Gasteiger partial charge in [0.25, 0.3) is 0 Å². The average molecular weight is 671 g/mol. The monoisotopic (exact) mass is 670 g/mol. The fourth-order valence-electron chi connectivity index (χ4n) is 9.96. The molecule has 0 saturated heterocycles. The maximum atomic E-state index is 6.34. The van der Waals surface area contributed by atoms with Gasteiger partial charge in [0.15, 0.2) is 5.82 Å². The minimum atomic E-state index is -0.0823. The van der Waals surface area contributed by atoms with E-state index < -0.39 is 0 Å². The third-order valence-corrected chi connectivity index (χ3v) is 12.5. The SMILES string of the molecule is CC1(C)c2ccc(-c3cccc(-c4nc(-c5ccccc5)c5c(n4)oc4ccccc45)c3)cc2-c2cc3c(cc21)-c1ccccc1C31CCCCC1. The number of para-hydroxylation sites is 1. The van der Waals surface area contributed by atoms with E-state index in [9.17, 15) is 0 Å². The first-order chi connectivity index (χ1) is 25.5. The molecule has 0 N–H and O–H groups in total. The average Bonchev–Trinajstić information content (AvgIpc) is 3.78. The summed E-state index contributed by atoms with van der Waals surface area (Å²) < 4.78 is 6.34. The van der Waals surface area contributed by atoms with Crippen LogP contribution in [0, 0.1) is 0 Å². The molecule has 3 heteroatoms. The van der Waals surface area contributed by atoms with Crippen LogP contribution in [-0.4, -0.2) is 9.97 Å². The molecule has 0 aliphatic heterocycles. The van der Waals surface area contributed by atoms with Crippen molar-refractivity contribution in [3.05, 3.63) is 156 Å². The van der Waals surface area contributed by atoms with Crippen LogP contribution >= 0.6 is 0 Å². The van der Waals surface area contributed by atoms with E-state index in [1.165, 1.54) is 71.0 Å². The molecule has 0 bridgehead atoms. The maximum absolute atomic E-state index is 6.34. The molecule has 1 saturated carbocycles. The Morgan fingerprint density at radius 3 is 2.08 bits per heavy atom. The third-order valence-electron chi connectivity index (χ3n) is 12.5. The van der Waals surface area contributed by atoms with E-state index in [4.69, 9.17) is 14.4 Å². The molecule has 0 amide bonds. The highest BCUT2D eigenvalue weighted by atomic mass is 16.3. The molecule has 52 heavy (non-hydrogen) atoms. The number of aromatic nitrogens is 2. The van der Waals surface area contributed by atoms with E-state index in [0.29, 0.717) is 11.5 Å². The number of rotatable bonds is 3. The minimum Gasteiger partial charge on any atom is -0.438 e. The van der Waals surface area contributed by atoms with Gasteiger partial charge in [0.2, 0.25) is 5.71 Å². The molecule has 0 radical (unpaired) electrons. The van der Waals surface area contributed by atoms with Crippen molar-refractivity contribution >= 4 is 22.1 Å². The summed E-state index contributed by atoms with van der Waals surface area (Å²) in [5.41, 5.74) is 18.4. The van der Waals surface area contributed by atoms with Gasteiger partial charge in [-0.05, 0) is 98.8 Å². The van der Waals surface area contributed by atoms with Gasteiger partial charge in [0.05, 0.1) is 11.1 Å². The molecule has 1 spiro atoms. The van der Waals surface area contributed by atoms with Crippen LogP contribution in [0.4, 0.5) is 0 Å². The van der Waals surface area contributed by atoms with E-state index >= 15 is 0 Å². The first kappa shape index (κ1) is 29.9. The van der Waals surface area contributed by atoms with Crippen LogP contribution in [0.3, 0.4) is 0 Å². The van der Waals surface area contributed by atoms with Gasteiger partial charge in [0, 0.05) is 27.3 Å². The molecule has 0 unspecified atom stereocenters. The molecule has 250 valence electrons. The molecule has 1 fully saturated rings. The molecule has 0 atom stereocenters. The van der Waals surface area contributed by atoms with Crippen LogP contribution in [0.15, 0.2) is 138 Å². The van der Waals surface area contributed by atoms with Crippen molar-refractivity contribution in [1.82, 2.24) is 9.97 Å². The van der Waals surface area contributed by atoms with E-state index in [1.54, 1.807) is 11.1 Å². The first-order valence-corrected chi connectivity index (χ1v) is 18.8. The molecule has 11 rings (SSSR count). The third kappa shape index (κ3) is 4.14. The van der Waals surface area contributed by atoms with Crippen LogP contribution in [0.5, 0.6) is 0 Å². The summed E-state index contributed by atoms with van der Waals surface area (Å²) in [5.74, 6) is 0.660. The van der Waals surface area contributed by atoms with Gasteiger partial charge in [-0.15, -0.1) is 0 Å². The van der Waals surface area contributed by atoms with Crippen molar-refractivity contribution < 1.29 is 4.42 Å². The predicted molar refractivity (Wildman–Crippen MR) is 212 cm³/mol. The molecule has 3 aliphatic rings. The first-order valence-electron chi connectivity index (χ1n) is 18.8. The summed E-state index contributed by atoms with van der Waals surface area (Å²) in [6.45, 7) is 4.80. The largest absolute Gasteiger partial charge is 0.438 e. The number of hydrogen-bond acceptors (Lipinski definition) is 3. The standard InChI is InChI=1S/C49H38N2O/c1-48(2)39-23-22-32(27-36(39)38-29-42-37(28-41(38)48)34-18-7-9-20-40(34)49(42)24-11-4-12-25-49)31-16-13-17-33(26-31)46-50-45(30-14-5-3-6-15-30)44-35-19-8-10-21-43(35)52-47(44)51-46/h3,5-10,13-23,26-29H,4,11-12,24-25H2,1-2H3. The molecule has 8 aromatic rings. The van der Waals surface area contributed by atoms with E-state index in [-0.39, 0.29) is 10.8 Å². The lowest BCUT2D eigenvalue weighted by Gasteiger charge is -2.36. The molecule has 3 nitrogen and oxygen atoms in total. The van der Waals surface area contributed by atoms with Gasteiger partial charge >= 0.3 is 0 Å². The van der Waals surface area contributed by atoms with Crippen LogP contribution in [0.1, 0.15) is 68.2 Å². The Balaban J connectivity index is 1.05. The Bertz CT molecular complexity index is 2750. The Morgan fingerprint density at radius 2 is 1.19 bits per heavy atom. The maximum Gasteiger partial charge on any atom is 0.231 e. The number of benzene rings is 6. The Kier molecular flexibility index (Phi) is 6.24. The van der Waals surface area contributed by atoms with Gasteiger partial charge in [-0.2, -0.15) is 4.98 Å². The zero-order valence-electron chi connectivity index (χ0n) is 29.5. The highest BCUT2D eigenvalue weighted by Gasteiger charge is 2.46. The fraction of sp³-hybridized carbons (Fsp3) is 0.184. The lowest BCUT2D eigenvalue weighted by molar-refractivity contribution is 0.353. The number of hydrogen-bond donors (Lipinski definition) is 0. The number of fused-ring (bicyclic) bond motifs is 11. The van der Waals surface area contributed by atoms with Crippen LogP contribution < -0.4 is 0 Å². The van der Waals surface area contributed by atoms with Crippen molar-refractivity contribution in [1.29, 1.82) is 0 Å². The quantitative estimate of drug-likeness (QED) is 0.188. The highest BCUT2D eigenvalue weighted by molar-refractivity contribution is 6.10. The Hall–Kier alpha value is -5.80. The van der Waals surface area contributed by atoms with E-state index in [2.05, 4.69) is 123 Å². The summed E-state index contributed by atoms with van der Waals surface area (Å²) in [5, 5.41) is 1.98. The summed E-state index contributed by atoms with van der Waals surface area (Å²) >= 11 is 0. The summed E-state index contributed by atoms with van der Waals surface area (Å²) in [6.07, 6.45) is 6.42. The summed E-state index contributed by atoms with van der Waals surface area (Å²) in [7, 11) is 0. The number of furan rings is 1. The second-order valence-electron chi connectivity index (χ2n) is 15.6. The molecule has 6 aromatic carbocycles. The zero-order valence-corrected chi connectivity index (χ0v) is 29.5.